The molecule has 0 saturated heterocycles. The zero-order valence-electron chi connectivity index (χ0n) is 13.5. The van der Waals surface area contributed by atoms with Crippen molar-refractivity contribution in [2.75, 3.05) is 5.32 Å². The summed E-state index contributed by atoms with van der Waals surface area (Å²) < 4.78 is 0. The summed E-state index contributed by atoms with van der Waals surface area (Å²) in [5.41, 5.74) is 3.56. The Bertz CT molecular complexity index is 649. The van der Waals surface area contributed by atoms with Gasteiger partial charge in [-0.05, 0) is 44.4 Å². The third kappa shape index (κ3) is 3.81. The number of carbonyl (C=O) groups is 1. The van der Waals surface area contributed by atoms with Crippen LogP contribution in [0.2, 0.25) is 0 Å². The van der Waals surface area contributed by atoms with Crippen LogP contribution in [-0.2, 0) is 0 Å². The Morgan fingerprint density at radius 3 is 2.55 bits per heavy atom. The maximum Gasteiger partial charge on any atom is 0.270 e. The maximum absolute atomic E-state index is 12.1. The minimum Gasteiger partial charge on any atom is -0.348 e. The van der Waals surface area contributed by atoms with Crippen molar-refractivity contribution in [3.8, 4) is 0 Å². The highest BCUT2D eigenvalue weighted by Crippen LogP contribution is 2.22. The van der Waals surface area contributed by atoms with Crippen molar-refractivity contribution in [3.63, 3.8) is 0 Å². The van der Waals surface area contributed by atoms with E-state index >= 15 is 0 Å². The van der Waals surface area contributed by atoms with E-state index in [4.69, 9.17) is 0 Å². The fourth-order valence-electron chi connectivity index (χ4n) is 2.07. The second-order valence-corrected chi connectivity index (χ2v) is 5.44. The van der Waals surface area contributed by atoms with Crippen LogP contribution in [0.5, 0.6) is 0 Å². The molecule has 0 fully saturated rings. The average Bonchev–Trinajstić information content (AvgIpc) is 2.51. The van der Waals surface area contributed by atoms with Crippen LogP contribution in [0.15, 0.2) is 30.5 Å². The lowest BCUT2D eigenvalue weighted by molar-refractivity contribution is 0.0934. The van der Waals surface area contributed by atoms with E-state index in [1.807, 2.05) is 45.9 Å². The van der Waals surface area contributed by atoms with Crippen LogP contribution in [0.3, 0.4) is 0 Å². The number of nitrogens with zero attached hydrogens (tertiary/aromatic N) is 2. The summed E-state index contributed by atoms with van der Waals surface area (Å²) in [7, 11) is 0. The molecule has 22 heavy (non-hydrogen) atoms. The smallest absolute Gasteiger partial charge is 0.270 e. The van der Waals surface area contributed by atoms with Crippen LogP contribution in [0.1, 0.15) is 41.9 Å². The zero-order valence-corrected chi connectivity index (χ0v) is 13.5. The van der Waals surface area contributed by atoms with Gasteiger partial charge in [0.2, 0.25) is 5.95 Å². The first-order chi connectivity index (χ1) is 10.5. The number of hydrogen-bond donors (Lipinski definition) is 2. The van der Waals surface area contributed by atoms with Crippen molar-refractivity contribution in [2.45, 2.75) is 40.2 Å². The fraction of sp³-hybridized carbons (Fsp3) is 0.353. The first-order valence-corrected chi connectivity index (χ1v) is 7.48. The SMILES string of the molecule is CCC(C)NC(=O)c1ccnc(Nc2c(C)cccc2C)n1. The molecule has 0 aliphatic heterocycles. The molecule has 2 N–H and O–H groups in total. The normalized spacial score (nSPS) is 11.8. The summed E-state index contributed by atoms with van der Waals surface area (Å²) in [6.45, 7) is 8.04. The van der Waals surface area contributed by atoms with Gasteiger partial charge in [0.1, 0.15) is 5.69 Å². The summed E-state index contributed by atoms with van der Waals surface area (Å²) in [6, 6.07) is 7.79. The molecule has 0 spiro atoms. The van der Waals surface area contributed by atoms with E-state index < -0.39 is 0 Å². The predicted octanol–water partition coefficient (Wildman–Crippen LogP) is 3.37. The first kappa shape index (κ1) is 15.9. The number of benzene rings is 1. The van der Waals surface area contributed by atoms with Crippen LogP contribution in [0, 0.1) is 13.8 Å². The molecular weight excluding hydrogens is 276 g/mol. The predicted molar refractivity (Wildman–Crippen MR) is 88.4 cm³/mol. The number of para-hydroxylation sites is 1. The number of nitrogens with one attached hydrogen (secondary N) is 2. The first-order valence-electron chi connectivity index (χ1n) is 7.48. The third-order valence-corrected chi connectivity index (χ3v) is 3.60. The van der Waals surface area contributed by atoms with Gasteiger partial charge in [0.15, 0.2) is 0 Å². The molecule has 0 aliphatic rings. The van der Waals surface area contributed by atoms with Crippen molar-refractivity contribution < 1.29 is 4.79 Å². The molecule has 1 heterocycles. The Morgan fingerprint density at radius 2 is 1.91 bits per heavy atom. The van der Waals surface area contributed by atoms with E-state index in [1.54, 1.807) is 12.3 Å². The number of aromatic nitrogens is 2. The van der Waals surface area contributed by atoms with Crippen LogP contribution < -0.4 is 10.6 Å². The number of amides is 1. The van der Waals surface area contributed by atoms with Gasteiger partial charge in [0, 0.05) is 17.9 Å². The molecule has 2 aromatic rings. The zero-order chi connectivity index (χ0) is 16.1. The Hall–Kier alpha value is -2.43. The van der Waals surface area contributed by atoms with Gasteiger partial charge in [-0.3, -0.25) is 4.79 Å². The fourth-order valence-corrected chi connectivity index (χ4v) is 2.07. The monoisotopic (exact) mass is 298 g/mol. The van der Waals surface area contributed by atoms with Gasteiger partial charge in [0.25, 0.3) is 5.91 Å². The average molecular weight is 298 g/mol. The minimum atomic E-state index is -0.179. The Labute approximate surface area is 131 Å². The van der Waals surface area contributed by atoms with Gasteiger partial charge in [0.05, 0.1) is 0 Å². The highest BCUT2D eigenvalue weighted by Gasteiger charge is 2.12. The molecule has 5 heteroatoms. The van der Waals surface area contributed by atoms with Crippen molar-refractivity contribution in [3.05, 3.63) is 47.3 Å². The van der Waals surface area contributed by atoms with E-state index in [9.17, 15) is 4.79 Å². The number of rotatable bonds is 5. The number of anilines is 2. The number of hydrogen-bond acceptors (Lipinski definition) is 4. The number of carbonyl (C=O) groups excluding carboxylic acids is 1. The molecule has 0 aliphatic carbocycles. The molecule has 5 nitrogen and oxygen atoms in total. The lowest BCUT2D eigenvalue weighted by atomic mass is 10.1. The summed E-state index contributed by atoms with van der Waals surface area (Å²) in [6.07, 6.45) is 2.47. The molecule has 1 aromatic heterocycles. The van der Waals surface area contributed by atoms with E-state index in [0.717, 1.165) is 23.2 Å². The summed E-state index contributed by atoms with van der Waals surface area (Å²) in [5, 5.41) is 6.10. The van der Waals surface area contributed by atoms with Crippen LogP contribution in [-0.4, -0.2) is 21.9 Å². The summed E-state index contributed by atoms with van der Waals surface area (Å²) in [4.78, 5) is 20.6. The van der Waals surface area contributed by atoms with Crippen molar-refractivity contribution in [1.82, 2.24) is 15.3 Å². The van der Waals surface area contributed by atoms with E-state index in [0.29, 0.717) is 11.6 Å². The largest absolute Gasteiger partial charge is 0.348 e. The summed E-state index contributed by atoms with van der Waals surface area (Å²) >= 11 is 0. The van der Waals surface area contributed by atoms with E-state index in [-0.39, 0.29) is 11.9 Å². The quantitative estimate of drug-likeness (QED) is 0.888. The molecule has 1 atom stereocenters. The topological polar surface area (TPSA) is 66.9 Å². The second kappa shape index (κ2) is 7.02. The standard InChI is InChI=1S/C17H22N4O/c1-5-13(4)19-16(22)14-9-10-18-17(20-14)21-15-11(2)7-6-8-12(15)3/h6-10,13H,5H2,1-4H3,(H,19,22)(H,18,20,21). The molecule has 0 bridgehead atoms. The van der Waals surface area contributed by atoms with Gasteiger partial charge in [-0.25, -0.2) is 9.97 Å². The van der Waals surface area contributed by atoms with Crippen LogP contribution in [0.4, 0.5) is 11.6 Å². The van der Waals surface area contributed by atoms with E-state index in [2.05, 4.69) is 20.6 Å². The Kier molecular flexibility index (Phi) is 5.09. The van der Waals surface area contributed by atoms with Gasteiger partial charge >= 0.3 is 0 Å². The lowest BCUT2D eigenvalue weighted by Crippen LogP contribution is -2.32. The molecular formula is C17H22N4O. The summed E-state index contributed by atoms with van der Waals surface area (Å²) in [5.74, 6) is 0.246. The minimum absolute atomic E-state index is 0.123. The molecule has 2 rings (SSSR count). The van der Waals surface area contributed by atoms with Gasteiger partial charge in [-0.1, -0.05) is 25.1 Å². The third-order valence-electron chi connectivity index (χ3n) is 3.60. The second-order valence-electron chi connectivity index (χ2n) is 5.44. The Morgan fingerprint density at radius 1 is 1.23 bits per heavy atom. The van der Waals surface area contributed by atoms with Gasteiger partial charge in [-0.2, -0.15) is 0 Å². The number of aryl methyl sites for hydroxylation is 2. The molecule has 1 unspecified atom stereocenters. The van der Waals surface area contributed by atoms with Gasteiger partial charge in [-0.15, -0.1) is 0 Å². The van der Waals surface area contributed by atoms with Crippen LogP contribution in [0.25, 0.3) is 0 Å². The maximum atomic E-state index is 12.1. The molecule has 0 saturated carbocycles. The Balaban J connectivity index is 2.20. The van der Waals surface area contributed by atoms with E-state index in [1.165, 1.54) is 0 Å². The highest BCUT2D eigenvalue weighted by molar-refractivity contribution is 5.92. The van der Waals surface area contributed by atoms with Crippen LogP contribution >= 0.6 is 0 Å². The van der Waals surface area contributed by atoms with Crippen molar-refractivity contribution >= 4 is 17.5 Å². The molecule has 116 valence electrons. The highest BCUT2D eigenvalue weighted by atomic mass is 16.1. The molecule has 1 amide bonds. The molecule has 0 radical (unpaired) electrons. The van der Waals surface area contributed by atoms with Crippen molar-refractivity contribution in [2.24, 2.45) is 0 Å². The lowest BCUT2D eigenvalue weighted by Gasteiger charge is -2.13. The molecule has 1 aromatic carbocycles. The van der Waals surface area contributed by atoms with Crippen molar-refractivity contribution in [1.29, 1.82) is 0 Å². The van der Waals surface area contributed by atoms with Gasteiger partial charge < -0.3 is 10.6 Å².